The molecule has 0 aromatic carbocycles. The van der Waals surface area contributed by atoms with Crippen LogP contribution in [0.1, 0.15) is 26.5 Å². The molecule has 0 aliphatic carbocycles. The van der Waals surface area contributed by atoms with Gasteiger partial charge in [-0.15, -0.1) is 23.1 Å². The predicted molar refractivity (Wildman–Crippen MR) is 127 cm³/mol. The highest BCUT2D eigenvalue weighted by Gasteiger charge is 2.55. The summed E-state index contributed by atoms with van der Waals surface area (Å²) < 4.78 is 10.2. The number of nitrogens with zero attached hydrogens (tertiary/aromatic N) is 3. The van der Waals surface area contributed by atoms with E-state index in [1.165, 1.54) is 24.3 Å². The molecular weight excluding hydrogens is 518 g/mol. The molecule has 0 bridgehead atoms. The number of anilines is 1. The average molecular weight is 542 g/mol. The third-order valence-corrected chi connectivity index (χ3v) is 6.60. The number of hydrogen-bond donors (Lipinski definition) is 3. The first-order valence-corrected chi connectivity index (χ1v) is 12.2. The molecule has 1 saturated heterocycles. The lowest BCUT2D eigenvalue weighted by atomic mass is 10.0. The maximum atomic E-state index is 13.1. The summed E-state index contributed by atoms with van der Waals surface area (Å²) in [4.78, 5) is 70.2. The van der Waals surface area contributed by atoms with Gasteiger partial charge in [-0.05, 0) is 20.8 Å². The first-order chi connectivity index (χ1) is 17.0. The Bertz CT molecular complexity index is 1140. The third-order valence-electron chi connectivity index (χ3n) is 4.57. The maximum absolute atomic E-state index is 13.1. The van der Waals surface area contributed by atoms with E-state index in [1.807, 2.05) is 0 Å². The number of amides is 3. The van der Waals surface area contributed by atoms with Crippen LogP contribution in [0.5, 0.6) is 0 Å². The summed E-state index contributed by atoms with van der Waals surface area (Å²) >= 11 is 2.22. The van der Waals surface area contributed by atoms with Gasteiger partial charge in [0.25, 0.3) is 11.8 Å². The number of carboxylic acids is 1. The van der Waals surface area contributed by atoms with Gasteiger partial charge in [0, 0.05) is 5.38 Å². The molecule has 3 N–H and O–H groups in total. The van der Waals surface area contributed by atoms with Gasteiger partial charge in [-0.2, -0.15) is 0 Å². The molecule has 1 aromatic heterocycles. The molecule has 1 unspecified atom stereocenters. The van der Waals surface area contributed by atoms with E-state index in [9.17, 15) is 29.1 Å². The number of aliphatic carboxylic acids is 1. The van der Waals surface area contributed by atoms with E-state index in [4.69, 9.17) is 14.3 Å². The highest BCUT2D eigenvalue weighted by atomic mass is 32.2. The van der Waals surface area contributed by atoms with Gasteiger partial charge in [0.15, 0.2) is 16.5 Å². The van der Waals surface area contributed by atoms with E-state index in [-0.39, 0.29) is 33.7 Å². The number of nitrogens with one attached hydrogen (secondary N) is 2. The number of oxime groups is 1. The number of fused-ring (bicyclic) bond motifs is 1. The summed E-state index contributed by atoms with van der Waals surface area (Å²) in [5.74, 6) is -3.24. The van der Waals surface area contributed by atoms with Crippen LogP contribution in [0.4, 0.5) is 5.13 Å². The van der Waals surface area contributed by atoms with Crippen LogP contribution in [0, 0.1) is 0 Å². The number of ether oxygens (including phenoxy) is 2. The molecule has 2 aliphatic heterocycles. The van der Waals surface area contributed by atoms with Crippen molar-refractivity contribution in [3.63, 3.8) is 0 Å². The molecule has 0 radical (unpaired) electrons. The van der Waals surface area contributed by atoms with E-state index in [0.717, 1.165) is 16.2 Å². The number of hydrogen-bond acceptors (Lipinski definition) is 12. The van der Waals surface area contributed by atoms with Crippen LogP contribution in [0.25, 0.3) is 0 Å². The van der Waals surface area contributed by atoms with Crippen LogP contribution in [0.2, 0.25) is 0 Å². The van der Waals surface area contributed by atoms with Crippen molar-refractivity contribution in [2.45, 2.75) is 37.8 Å². The van der Waals surface area contributed by atoms with Crippen molar-refractivity contribution in [2.24, 2.45) is 5.16 Å². The summed E-state index contributed by atoms with van der Waals surface area (Å²) in [7, 11) is 1.31. The quantitative estimate of drug-likeness (QED) is 0.120. The Balaban J connectivity index is 1.78. The Kier molecular flexibility index (Phi) is 8.19. The van der Waals surface area contributed by atoms with Gasteiger partial charge in [-0.1, -0.05) is 5.16 Å². The lowest BCUT2D eigenvalue weighted by molar-refractivity contribution is -0.160. The van der Waals surface area contributed by atoms with Crippen molar-refractivity contribution in [3.8, 4) is 0 Å². The number of methoxy groups -OCH3 is 1. The first kappa shape index (κ1) is 26.9. The Labute approximate surface area is 213 Å². The lowest BCUT2D eigenvalue weighted by Gasteiger charge is -2.48. The molecule has 0 saturated carbocycles. The largest absolute Gasteiger partial charge is 0.498 e. The number of thioether (sulfide) groups is 1. The third kappa shape index (κ3) is 5.93. The number of thiazole rings is 1. The molecular formula is C20H23N5O9S2. The van der Waals surface area contributed by atoms with Gasteiger partial charge in [0.1, 0.15) is 28.5 Å². The van der Waals surface area contributed by atoms with Crippen molar-refractivity contribution in [2.75, 3.05) is 24.8 Å². The Hall–Kier alpha value is -3.66. The minimum absolute atomic E-state index is 0.0127. The Morgan fingerprint density at radius 2 is 2.08 bits per heavy atom. The Morgan fingerprint density at radius 1 is 1.36 bits per heavy atom. The van der Waals surface area contributed by atoms with Crippen molar-refractivity contribution in [3.05, 3.63) is 22.5 Å². The molecule has 2 atom stereocenters. The van der Waals surface area contributed by atoms with Gasteiger partial charge in [-0.3, -0.25) is 19.3 Å². The summed E-state index contributed by atoms with van der Waals surface area (Å²) in [6, 6.07) is -1.06. The summed E-state index contributed by atoms with van der Waals surface area (Å²) in [5.41, 5.74) is -1.39. The van der Waals surface area contributed by atoms with E-state index in [0.29, 0.717) is 6.41 Å². The van der Waals surface area contributed by atoms with Gasteiger partial charge in [0.2, 0.25) is 13.0 Å². The molecule has 194 valence electrons. The topological polar surface area (TPSA) is 186 Å². The molecule has 3 rings (SSSR count). The zero-order valence-corrected chi connectivity index (χ0v) is 21.2. The molecule has 36 heavy (non-hydrogen) atoms. The molecule has 1 aromatic rings. The van der Waals surface area contributed by atoms with Crippen LogP contribution in [0.3, 0.4) is 0 Å². The number of carbonyl (C=O) groups excluding carboxylic acids is 4. The SMILES string of the molecule is COC1=C(C(=O)O)N2C(=O)C(NC(=O)C(=NOCC(=O)OC(C)(C)C)c3csc(NC=O)n3)[C@@H]2SC1. The molecule has 2 aliphatic rings. The van der Waals surface area contributed by atoms with E-state index < -0.39 is 47.4 Å². The monoisotopic (exact) mass is 541 g/mol. The molecule has 16 heteroatoms. The number of β-lactam (4-membered cyclic amide) rings is 1. The van der Waals surface area contributed by atoms with Crippen LogP contribution < -0.4 is 10.6 Å². The molecule has 14 nitrogen and oxygen atoms in total. The predicted octanol–water partition coefficient (Wildman–Crippen LogP) is 0.116. The highest BCUT2D eigenvalue weighted by Crippen LogP contribution is 2.40. The molecule has 0 spiro atoms. The Morgan fingerprint density at radius 3 is 2.69 bits per heavy atom. The molecule has 1 fully saturated rings. The minimum atomic E-state index is -1.33. The zero-order chi connectivity index (χ0) is 26.6. The van der Waals surface area contributed by atoms with Gasteiger partial charge in [-0.25, -0.2) is 14.6 Å². The average Bonchev–Trinajstić information content (AvgIpc) is 3.26. The second kappa shape index (κ2) is 10.9. The second-order valence-electron chi connectivity index (χ2n) is 8.24. The first-order valence-electron chi connectivity index (χ1n) is 10.3. The smallest absolute Gasteiger partial charge is 0.356 e. The highest BCUT2D eigenvalue weighted by molar-refractivity contribution is 8.00. The van der Waals surface area contributed by atoms with E-state index in [2.05, 4.69) is 20.8 Å². The van der Waals surface area contributed by atoms with Crippen molar-refractivity contribution in [1.29, 1.82) is 0 Å². The maximum Gasteiger partial charge on any atom is 0.356 e. The molecule has 3 heterocycles. The van der Waals surface area contributed by atoms with E-state index >= 15 is 0 Å². The normalized spacial score (nSPS) is 19.6. The lowest BCUT2D eigenvalue weighted by Crippen LogP contribution is -2.71. The zero-order valence-electron chi connectivity index (χ0n) is 19.6. The van der Waals surface area contributed by atoms with Crippen LogP contribution in [-0.2, 0) is 38.3 Å². The van der Waals surface area contributed by atoms with Crippen molar-refractivity contribution in [1.82, 2.24) is 15.2 Å². The molecule has 3 amide bonds. The van der Waals surface area contributed by atoms with Crippen LogP contribution in [-0.4, -0.2) is 87.4 Å². The fourth-order valence-corrected chi connectivity index (χ4v) is 5.15. The number of carboxylic acid groups (broad SMARTS) is 1. The fraction of sp³-hybridized carbons (Fsp3) is 0.450. The standard InChI is InChI=1S/C20H23N5O9S2/c1-20(2,3)34-11(27)5-33-24-12(9-6-36-19(22-9)21-8-26)15(28)23-13-16(29)25-14(18(30)31)10(32-4)7-35-17(13)25/h6,8,13,17H,5,7H2,1-4H3,(H,23,28)(H,30,31)(H,21,22,26)/t13?,17-/m0/s1. The summed E-state index contributed by atoms with van der Waals surface area (Å²) in [5, 5.41) is 19.0. The van der Waals surface area contributed by atoms with Crippen molar-refractivity contribution < 1.29 is 43.4 Å². The van der Waals surface area contributed by atoms with Crippen LogP contribution >= 0.6 is 23.1 Å². The number of carbonyl (C=O) groups is 5. The number of aromatic nitrogens is 1. The van der Waals surface area contributed by atoms with Gasteiger partial charge < -0.3 is 30.1 Å². The minimum Gasteiger partial charge on any atom is -0.498 e. The van der Waals surface area contributed by atoms with Gasteiger partial charge >= 0.3 is 11.9 Å². The summed E-state index contributed by atoms with van der Waals surface area (Å²) in [6.07, 6.45) is 0.405. The summed E-state index contributed by atoms with van der Waals surface area (Å²) in [6.45, 7) is 4.42. The van der Waals surface area contributed by atoms with Gasteiger partial charge in [0.05, 0.1) is 12.9 Å². The van der Waals surface area contributed by atoms with Crippen molar-refractivity contribution >= 4 is 64.1 Å². The number of esters is 1. The van der Waals surface area contributed by atoms with Crippen LogP contribution in [0.15, 0.2) is 22.0 Å². The number of rotatable bonds is 10. The fourth-order valence-electron chi connectivity index (χ4n) is 3.18. The van der Waals surface area contributed by atoms with E-state index in [1.54, 1.807) is 20.8 Å². The second-order valence-corrected chi connectivity index (χ2v) is 10.2.